The molecule has 2 heteroatoms. The van der Waals surface area contributed by atoms with E-state index in [0.29, 0.717) is 5.02 Å². The second-order valence-corrected chi connectivity index (χ2v) is 4.72. The van der Waals surface area contributed by atoms with E-state index in [0.717, 1.165) is 10.0 Å². The van der Waals surface area contributed by atoms with Crippen molar-refractivity contribution in [3.8, 4) is 12.3 Å². The molecule has 0 fully saturated rings. The number of benzene rings is 1. The van der Waals surface area contributed by atoms with E-state index in [1.165, 1.54) is 0 Å². The van der Waals surface area contributed by atoms with E-state index in [1.807, 2.05) is 32.0 Å². The van der Waals surface area contributed by atoms with Crippen molar-refractivity contribution in [2.24, 2.45) is 0 Å². The maximum atomic E-state index is 6.07. The van der Waals surface area contributed by atoms with Crippen LogP contribution in [0.2, 0.25) is 5.02 Å². The van der Waals surface area contributed by atoms with Gasteiger partial charge in [-0.2, -0.15) is 0 Å². The third kappa shape index (κ3) is 2.27. The number of rotatable bonds is 1. The first kappa shape index (κ1) is 10.6. The van der Waals surface area contributed by atoms with Crippen LogP contribution in [-0.4, -0.2) is 0 Å². The second kappa shape index (κ2) is 3.74. The molecule has 0 spiro atoms. The minimum atomic E-state index is -0.308. The molecule has 0 saturated carbocycles. The van der Waals surface area contributed by atoms with Gasteiger partial charge < -0.3 is 0 Å². The Hall–Kier alpha value is -0.450. The Labute approximate surface area is 92.4 Å². The zero-order chi connectivity index (χ0) is 10.1. The summed E-state index contributed by atoms with van der Waals surface area (Å²) >= 11 is 9.42. The van der Waals surface area contributed by atoms with Crippen LogP contribution in [0.15, 0.2) is 22.7 Å². The van der Waals surface area contributed by atoms with Crippen molar-refractivity contribution in [3.63, 3.8) is 0 Å². The highest BCUT2D eigenvalue weighted by Gasteiger charge is 2.19. The van der Waals surface area contributed by atoms with Gasteiger partial charge in [-0.1, -0.05) is 39.5 Å². The first-order chi connectivity index (χ1) is 5.97. The van der Waals surface area contributed by atoms with Crippen molar-refractivity contribution in [1.29, 1.82) is 0 Å². The average molecular weight is 258 g/mol. The monoisotopic (exact) mass is 256 g/mol. The zero-order valence-electron chi connectivity index (χ0n) is 7.57. The molecule has 0 radical (unpaired) electrons. The second-order valence-electron chi connectivity index (χ2n) is 3.39. The summed E-state index contributed by atoms with van der Waals surface area (Å²) in [5.74, 6) is 2.72. The summed E-state index contributed by atoms with van der Waals surface area (Å²) in [6.07, 6.45) is 5.42. The molecule has 0 aliphatic heterocycles. The van der Waals surface area contributed by atoms with Crippen molar-refractivity contribution in [3.05, 3.63) is 33.3 Å². The van der Waals surface area contributed by atoms with Gasteiger partial charge in [-0.25, -0.2) is 0 Å². The van der Waals surface area contributed by atoms with Crippen LogP contribution in [0.3, 0.4) is 0 Å². The SMILES string of the molecule is C#CC(C)(C)c1ccc(Br)cc1Cl. The molecule has 0 saturated heterocycles. The number of halogens is 2. The fraction of sp³-hybridized carbons (Fsp3) is 0.273. The van der Waals surface area contributed by atoms with E-state index >= 15 is 0 Å². The Morgan fingerprint density at radius 2 is 2.08 bits per heavy atom. The van der Waals surface area contributed by atoms with Crippen molar-refractivity contribution in [2.45, 2.75) is 19.3 Å². The molecule has 13 heavy (non-hydrogen) atoms. The van der Waals surface area contributed by atoms with Gasteiger partial charge in [0.1, 0.15) is 0 Å². The lowest BCUT2D eigenvalue weighted by atomic mass is 9.86. The highest BCUT2D eigenvalue weighted by atomic mass is 79.9. The van der Waals surface area contributed by atoms with Crippen molar-refractivity contribution < 1.29 is 0 Å². The van der Waals surface area contributed by atoms with E-state index in [9.17, 15) is 0 Å². The Morgan fingerprint density at radius 3 is 2.54 bits per heavy atom. The predicted molar refractivity (Wildman–Crippen MR) is 61.0 cm³/mol. The van der Waals surface area contributed by atoms with Gasteiger partial charge in [-0.05, 0) is 31.5 Å². The van der Waals surface area contributed by atoms with Crippen LogP contribution in [0, 0.1) is 12.3 Å². The highest BCUT2D eigenvalue weighted by Crippen LogP contribution is 2.31. The topological polar surface area (TPSA) is 0 Å². The molecule has 68 valence electrons. The molecule has 1 rings (SSSR count). The maximum absolute atomic E-state index is 6.07. The number of terminal acetylenes is 1. The minimum Gasteiger partial charge on any atom is -0.119 e. The molecule has 0 aliphatic rings. The molecule has 0 unspecified atom stereocenters. The van der Waals surface area contributed by atoms with Crippen LogP contribution in [0.5, 0.6) is 0 Å². The Morgan fingerprint density at radius 1 is 1.46 bits per heavy atom. The lowest BCUT2D eigenvalue weighted by Gasteiger charge is -2.19. The fourth-order valence-electron chi connectivity index (χ4n) is 1.07. The first-order valence-corrected chi connectivity index (χ1v) is 5.08. The molecule has 0 heterocycles. The number of hydrogen-bond donors (Lipinski definition) is 0. The molecule has 0 atom stereocenters. The number of hydrogen-bond acceptors (Lipinski definition) is 0. The van der Waals surface area contributed by atoms with Crippen molar-refractivity contribution >= 4 is 27.5 Å². The average Bonchev–Trinajstić information content (AvgIpc) is 2.03. The summed E-state index contributed by atoms with van der Waals surface area (Å²) in [4.78, 5) is 0. The van der Waals surface area contributed by atoms with Gasteiger partial charge in [0.15, 0.2) is 0 Å². The third-order valence-corrected chi connectivity index (χ3v) is 2.77. The molecule has 0 aromatic heterocycles. The quantitative estimate of drug-likeness (QED) is 0.667. The minimum absolute atomic E-state index is 0.308. The first-order valence-electron chi connectivity index (χ1n) is 3.90. The highest BCUT2D eigenvalue weighted by molar-refractivity contribution is 9.10. The van der Waals surface area contributed by atoms with Gasteiger partial charge in [-0.3, -0.25) is 0 Å². The van der Waals surface area contributed by atoms with Gasteiger partial charge in [0.05, 0.1) is 5.41 Å². The van der Waals surface area contributed by atoms with Gasteiger partial charge in [0.25, 0.3) is 0 Å². The van der Waals surface area contributed by atoms with Crippen molar-refractivity contribution in [2.75, 3.05) is 0 Å². The summed E-state index contributed by atoms with van der Waals surface area (Å²) < 4.78 is 0.967. The normalized spacial score (nSPS) is 11.0. The largest absolute Gasteiger partial charge is 0.119 e. The molecule has 1 aromatic carbocycles. The van der Waals surface area contributed by atoms with E-state index in [1.54, 1.807) is 0 Å². The molecular weight excluding hydrogens is 247 g/mol. The summed E-state index contributed by atoms with van der Waals surface area (Å²) in [6.45, 7) is 3.95. The van der Waals surface area contributed by atoms with Crippen LogP contribution in [0.25, 0.3) is 0 Å². The van der Waals surface area contributed by atoms with Gasteiger partial charge in [-0.15, -0.1) is 6.42 Å². The smallest absolute Gasteiger partial charge is 0.0518 e. The van der Waals surface area contributed by atoms with Crippen LogP contribution in [0.1, 0.15) is 19.4 Å². The van der Waals surface area contributed by atoms with E-state index in [4.69, 9.17) is 18.0 Å². The molecule has 0 N–H and O–H groups in total. The molecule has 0 aliphatic carbocycles. The molecule has 1 aromatic rings. The molecule has 0 nitrogen and oxygen atoms in total. The standard InChI is InChI=1S/C11H10BrCl/c1-4-11(2,3)9-6-5-8(12)7-10(9)13/h1,5-7H,2-3H3. The summed E-state index contributed by atoms with van der Waals surface area (Å²) in [5, 5.41) is 0.706. The predicted octanol–water partition coefficient (Wildman–Crippen LogP) is 4.01. The molecular formula is C11H10BrCl. The van der Waals surface area contributed by atoms with E-state index < -0.39 is 0 Å². The Balaban J connectivity index is 3.26. The summed E-state index contributed by atoms with van der Waals surface area (Å²) in [6, 6.07) is 5.75. The van der Waals surface area contributed by atoms with Gasteiger partial charge in [0.2, 0.25) is 0 Å². The van der Waals surface area contributed by atoms with Gasteiger partial charge in [0, 0.05) is 9.50 Å². The fourth-order valence-corrected chi connectivity index (χ4v) is 1.98. The van der Waals surface area contributed by atoms with Crippen LogP contribution >= 0.6 is 27.5 Å². The Kier molecular flexibility index (Phi) is 3.05. The van der Waals surface area contributed by atoms with Crippen LogP contribution in [-0.2, 0) is 5.41 Å². The lowest BCUT2D eigenvalue weighted by molar-refractivity contribution is 0.699. The lowest BCUT2D eigenvalue weighted by Crippen LogP contribution is -2.14. The van der Waals surface area contributed by atoms with Gasteiger partial charge >= 0.3 is 0 Å². The molecule has 0 bridgehead atoms. The summed E-state index contributed by atoms with van der Waals surface area (Å²) in [5.41, 5.74) is 0.678. The summed E-state index contributed by atoms with van der Waals surface area (Å²) in [7, 11) is 0. The van der Waals surface area contributed by atoms with E-state index in [-0.39, 0.29) is 5.41 Å². The maximum Gasteiger partial charge on any atom is 0.0518 e. The zero-order valence-corrected chi connectivity index (χ0v) is 9.91. The third-order valence-electron chi connectivity index (χ3n) is 1.97. The Bertz CT molecular complexity index is 361. The van der Waals surface area contributed by atoms with E-state index in [2.05, 4.69) is 21.9 Å². The van der Waals surface area contributed by atoms with Crippen LogP contribution < -0.4 is 0 Å². The van der Waals surface area contributed by atoms with Crippen molar-refractivity contribution in [1.82, 2.24) is 0 Å². The molecule has 0 amide bonds. The van der Waals surface area contributed by atoms with Crippen LogP contribution in [0.4, 0.5) is 0 Å².